The maximum atomic E-state index is 12.4. The highest BCUT2D eigenvalue weighted by Crippen LogP contribution is 2.26. The Bertz CT molecular complexity index is 1110. The molecule has 1 aromatic heterocycles. The Hall–Kier alpha value is -3.66. The highest BCUT2D eigenvalue weighted by Gasteiger charge is 2.10. The third-order valence-electron chi connectivity index (χ3n) is 4.52. The SMILES string of the molecule is Cc1ccc(-c2coc(-c3ccc(NC(=O)c4cccc(C)c4)cc3)n2)cc1. The molecule has 4 heteroatoms. The highest BCUT2D eigenvalue weighted by molar-refractivity contribution is 6.04. The highest BCUT2D eigenvalue weighted by atomic mass is 16.3. The fourth-order valence-electron chi connectivity index (χ4n) is 2.95. The minimum Gasteiger partial charge on any atom is -0.444 e. The van der Waals surface area contributed by atoms with E-state index in [2.05, 4.69) is 29.4 Å². The number of aromatic nitrogens is 1. The second-order valence-corrected chi connectivity index (χ2v) is 6.80. The molecule has 1 heterocycles. The summed E-state index contributed by atoms with van der Waals surface area (Å²) in [7, 11) is 0. The average molecular weight is 368 g/mol. The Morgan fingerprint density at radius 3 is 2.29 bits per heavy atom. The quantitative estimate of drug-likeness (QED) is 0.489. The van der Waals surface area contributed by atoms with Gasteiger partial charge in [-0.05, 0) is 50.2 Å². The summed E-state index contributed by atoms with van der Waals surface area (Å²) in [5.41, 5.74) is 6.29. The molecule has 4 rings (SSSR count). The van der Waals surface area contributed by atoms with Crippen molar-refractivity contribution in [2.75, 3.05) is 5.32 Å². The Morgan fingerprint density at radius 2 is 1.57 bits per heavy atom. The van der Waals surface area contributed by atoms with Crippen molar-refractivity contribution in [3.8, 4) is 22.7 Å². The van der Waals surface area contributed by atoms with Crippen molar-refractivity contribution in [2.24, 2.45) is 0 Å². The van der Waals surface area contributed by atoms with Crippen molar-refractivity contribution in [1.29, 1.82) is 0 Å². The smallest absolute Gasteiger partial charge is 0.255 e. The molecule has 0 atom stereocenters. The molecule has 138 valence electrons. The number of aryl methyl sites for hydroxylation is 2. The first-order chi connectivity index (χ1) is 13.6. The largest absolute Gasteiger partial charge is 0.444 e. The molecule has 0 radical (unpaired) electrons. The van der Waals surface area contributed by atoms with Crippen LogP contribution in [0.4, 0.5) is 5.69 Å². The van der Waals surface area contributed by atoms with Crippen molar-refractivity contribution in [3.63, 3.8) is 0 Å². The van der Waals surface area contributed by atoms with Gasteiger partial charge in [-0.2, -0.15) is 0 Å². The average Bonchev–Trinajstić information content (AvgIpc) is 3.19. The summed E-state index contributed by atoms with van der Waals surface area (Å²) in [6.45, 7) is 4.02. The number of anilines is 1. The molecule has 0 spiro atoms. The van der Waals surface area contributed by atoms with Crippen molar-refractivity contribution in [1.82, 2.24) is 4.98 Å². The van der Waals surface area contributed by atoms with Crippen LogP contribution in [0.5, 0.6) is 0 Å². The number of benzene rings is 3. The van der Waals surface area contributed by atoms with E-state index in [4.69, 9.17) is 4.42 Å². The van der Waals surface area contributed by atoms with Gasteiger partial charge in [0.25, 0.3) is 5.91 Å². The summed E-state index contributed by atoms with van der Waals surface area (Å²) in [5.74, 6) is 0.418. The first-order valence-corrected chi connectivity index (χ1v) is 9.09. The Morgan fingerprint density at radius 1 is 0.857 bits per heavy atom. The van der Waals surface area contributed by atoms with Gasteiger partial charge in [-0.3, -0.25) is 4.79 Å². The molecule has 28 heavy (non-hydrogen) atoms. The zero-order chi connectivity index (χ0) is 19.5. The van der Waals surface area contributed by atoms with Crippen LogP contribution < -0.4 is 5.32 Å². The van der Waals surface area contributed by atoms with Gasteiger partial charge in [0.05, 0.1) is 0 Å². The van der Waals surface area contributed by atoms with Gasteiger partial charge in [0.1, 0.15) is 12.0 Å². The fourth-order valence-corrected chi connectivity index (χ4v) is 2.95. The topological polar surface area (TPSA) is 55.1 Å². The van der Waals surface area contributed by atoms with Gasteiger partial charge in [0.2, 0.25) is 5.89 Å². The second-order valence-electron chi connectivity index (χ2n) is 6.80. The zero-order valence-electron chi connectivity index (χ0n) is 15.8. The molecule has 4 aromatic rings. The number of hydrogen-bond acceptors (Lipinski definition) is 3. The molecule has 0 aliphatic rings. The monoisotopic (exact) mass is 368 g/mol. The van der Waals surface area contributed by atoms with Crippen LogP contribution in [-0.4, -0.2) is 10.9 Å². The van der Waals surface area contributed by atoms with E-state index >= 15 is 0 Å². The van der Waals surface area contributed by atoms with E-state index in [-0.39, 0.29) is 5.91 Å². The zero-order valence-corrected chi connectivity index (χ0v) is 15.8. The first kappa shape index (κ1) is 17.7. The lowest BCUT2D eigenvalue weighted by Crippen LogP contribution is -2.11. The molecule has 0 fully saturated rings. The second kappa shape index (κ2) is 7.53. The number of amides is 1. The molecule has 4 nitrogen and oxygen atoms in total. The van der Waals surface area contributed by atoms with Crippen molar-refractivity contribution < 1.29 is 9.21 Å². The van der Waals surface area contributed by atoms with Gasteiger partial charge in [0.15, 0.2) is 0 Å². The molecule has 3 aromatic carbocycles. The van der Waals surface area contributed by atoms with E-state index in [9.17, 15) is 4.79 Å². The number of nitrogens with one attached hydrogen (secondary N) is 1. The van der Waals surface area contributed by atoms with Crippen molar-refractivity contribution in [2.45, 2.75) is 13.8 Å². The van der Waals surface area contributed by atoms with E-state index in [0.29, 0.717) is 11.5 Å². The van der Waals surface area contributed by atoms with Crippen LogP contribution in [-0.2, 0) is 0 Å². The van der Waals surface area contributed by atoms with Gasteiger partial charge in [-0.15, -0.1) is 0 Å². The molecule has 0 unspecified atom stereocenters. The lowest BCUT2D eigenvalue weighted by Gasteiger charge is -2.06. The van der Waals surface area contributed by atoms with Gasteiger partial charge in [0, 0.05) is 22.4 Å². The first-order valence-electron chi connectivity index (χ1n) is 9.09. The van der Waals surface area contributed by atoms with E-state index in [1.54, 1.807) is 12.3 Å². The number of carbonyl (C=O) groups is 1. The number of rotatable bonds is 4. The molecule has 1 amide bonds. The lowest BCUT2D eigenvalue weighted by atomic mass is 10.1. The molecule has 1 N–H and O–H groups in total. The van der Waals surface area contributed by atoms with Crippen LogP contribution in [0.3, 0.4) is 0 Å². The van der Waals surface area contributed by atoms with E-state index < -0.39 is 0 Å². The molecule has 0 bridgehead atoms. The van der Waals surface area contributed by atoms with E-state index in [1.165, 1.54) is 5.56 Å². The third kappa shape index (κ3) is 3.86. The van der Waals surface area contributed by atoms with Gasteiger partial charge >= 0.3 is 0 Å². The predicted octanol–water partition coefficient (Wildman–Crippen LogP) is 5.88. The number of nitrogens with zero attached hydrogens (tertiary/aromatic N) is 1. The van der Waals surface area contributed by atoms with Crippen LogP contribution in [0.15, 0.2) is 83.5 Å². The number of carbonyl (C=O) groups excluding carboxylic acids is 1. The van der Waals surface area contributed by atoms with Crippen molar-refractivity contribution >= 4 is 11.6 Å². The normalized spacial score (nSPS) is 10.6. The maximum Gasteiger partial charge on any atom is 0.255 e. The summed E-state index contributed by atoms with van der Waals surface area (Å²) < 4.78 is 5.64. The Balaban J connectivity index is 1.49. The molecule has 0 saturated heterocycles. The lowest BCUT2D eigenvalue weighted by molar-refractivity contribution is 0.102. The number of hydrogen-bond donors (Lipinski definition) is 1. The van der Waals surface area contributed by atoms with Crippen molar-refractivity contribution in [3.05, 3.63) is 95.7 Å². The van der Waals surface area contributed by atoms with Crippen LogP contribution in [0.1, 0.15) is 21.5 Å². The summed E-state index contributed by atoms with van der Waals surface area (Å²) in [4.78, 5) is 16.9. The molecule has 0 aliphatic carbocycles. The number of oxazole rings is 1. The molecule has 0 saturated carbocycles. The van der Waals surface area contributed by atoms with Crippen LogP contribution in [0, 0.1) is 13.8 Å². The summed E-state index contributed by atoms with van der Waals surface area (Å²) in [6.07, 6.45) is 1.66. The predicted molar refractivity (Wildman–Crippen MR) is 111 cm³/mol. The standard InChI is InChI=1S/C24H20N2O2/c1-16-6-8-18(9-7-16)22-15-28-24(26-22)19-10-12-21(13-11-19)25-23(27)20-5-3-4-17(2)14-20/h3-15H,1-2H3,(H,25,27). The summed E-state index contributed by atoms with van der Waals surface area (Å²) >= 11 is 0. The third-order valence-corrected chi connectivity index (χ3v) is 4.52. The molecule has 0 aliphatic heterocycles. The Kier molecular flexibility index (Phi) is 4.77. The Labute approximate surface area is 163 Å². The van der Waals surface area contributed by atoms with Crippen LogP contribution in [0.2, 0.25) is 0 Å². The van der Waals surface area contributed by atoms with E-state index in [0.717, 1.165) is 28.1 Å². The van der Waals surface area contributed by atoms with Crippen LogP contribution >= 0.6 is 0 Å². The van der Waals surface area contributed by atoms with Gasteiger partial charge < -0.3 is 9.73 Å². The molecular weight excluding hydrogens is 348 g/mol. The minimum atomic E-state index is -0.130. The van der Waals surface area contributed by atoms with Gasteiger partial charge in [-0.25, -0.2) is 4.98 Å². The fraction of sp³-hybridized carbons (Fsp3) is 0.0833. The van der Waals surface area contributed by atoms with Gasteiger partial charge in [-0.1, -0.05) is 47.5 Å². The molecular formula is C24H20N2O2. The van der Waals surface area contributed by atoms with Crippen LogP contribution in [0.25, 0.3) is 22.7 Å². The minimum absolute atomic E-state index is 0.130. The summed E-state index contributed by atoms with van der Waals surface area (Å²) in [6, 6.07) is 23.1. The summed E-state index contributed by atoms with van der Waals surface area (Å²) in [5, 5.41) is 2.91. The van der Waals surface area contributed by atoms with E-state index in [1.807, 2.05) is 61.5 Å². The maximum absolute atomic E-state index is 12.4.